The number of rotatable bonds is 9. The highest BCUT2D eigenvalue weighted by atomic mass is 32.2. The Morgan fingerprint density at radius 3 is 2.00 bits per heavy atom. The van der Waals surface area contributed by atoms with E-state index in [0.29, 0.717) is 5.69 Å². The van der Waals surface area contributed by atoms with Gasteiger partial charge in [-0.2, -0.15) is 0 Å². The topological polar surface area (TPSA) is 96.5 Å². The Hall–Kier alpha value is -3.36. The lowest BCUT2D eigenvalue weighted by atomic mass is 10.2. The van der Waals surface area contributed by atoms with Crippen molar-refractivity contribution >= 4 is 33.0 Å². The minimum atomic E-state index is -3.61. The van der Waals surface area contributed by atoms with Crippen LogP contribution in [0.3, 0.4) is 0 Å². The molecule has 3 N–H and O–H groups in total. The first kappa shape index (κ1) is 21.4. The van der Waals surface area contributed by atoms with Crippen LogP contribution in [0.1, 0.15) is 6.42 Å². The van der Waals surface area contributed by atoms with Gasteiger partial charge in [0.1, 0.15) is 5.75 Å². The number of hydrogen-bond donors (Lipinski definition) is 3. The number of amides is 1. The molecule has 0 aromatic heterocycles. The SMILES string of the molecule is COc1ccc(Nc2ccc(NC(=O)CCNS(=O)(=O)c3ccccc3)cc2)cc1. The van der Waals surface area contributed by atoms with E-state index in [0.717, 1.165) is 17.1 Å². The predicted molar refractivity (Wildman–Crippen MR) is 118 cm³/mol. The molecule has 0 aliphatic rings. The third-order valence-electron chi connectivity index (χ3n) is 4.25. The third-order valence-corrected chi connectivity index (χ3v) is 5.72. The highest BCUT2D eigenvalue weighted by Gasteiger charge is 2.13. The Labute approximate surface area is 176 Å². The summed E-state index contributed by atoms with van der Waals surface area (Å²) >= 11 is 0. The van der Waals surface area contributed by atoms with Crippen LogP contribution in [0.2, 0.25) is 0 Å². The first-order valence-electron chi connectivity index (χ1n) is 9.32. The van der Waals surface area contributed by atoms with Crippen molar-refractivity contribution in [1.82, 2.24) is 4.72 Å². The maximum absolute atomic E-state index is 12.1. The van der Waals surface area contributed by atoms with E-state index in [1.807, 2.05) is 36.4 Å². The highest BCUT2D eigenvalue weighted by molar-refractivity contribution is 7.89. The maximum Gasteiger partial charge on any atom is 0.240 e. The normalized spacial score (nSPS) is 11.0. The van der Waals surface area contributed by atoms with Crippen LogP contribution >= 0.6 is 0 Å². The Morgan fingerprint density at radius 2 is 1.40 bits per heavy atom. The van der Waals surface area contributed by atoms with Gasteiger partial charge >= 0.3 is 0 Å². The molecule has 0 radical (unpaired) electrons. The molecular weight excluding hydrogens is 402 g/mol. The minimum Gasteiger partial charge on any atom is -0.497 e. The second-order valence-electron chi connectivity index (χ2n) is 6.44. The molecule has 0 bridgehead atoms. The highest BCUT2D eigenvalue weighted by Crippen LogP contribution is 2.21. The number of carbonyl (C=O) groups is 1. The van der Waals surface area contributed by atoms with Crippen LogP contribution in [0.15, 0.2) is 83.8 Å². The van der Waals surface area contributed by atoms with Crippen LogP contribution in [0.4, 0.5) is 17.1 Å². The summed E-state index contributed by atoms with van der Waals surface area (Å²) in [5.41, 5.74) is 2.42. The van der Waals surface area contributed by atoms with Crippen LogP contribution in [0, 0.1) is 0 Å². The van der Waals surface area contributed by atoms with Gasteiger partial charge in [0.15, 0.2) is 0 Å². The Morgan fingerprint density at radius 1 is 0.833 bits per heavy atom. The van der Waals surface area contributed by atoms with Gasteiger partial charge in [0.05, 0.1) is 12.0 Å². The number of ether oxygens (including phenoxy) is 1. The number of carbonyl (C=O) groups excluding carboxylic acids is 1. The molecule has 0 spiro atoms. The van der Waals surface area contributed by atoms with Gasteiger partial charge in [0, 0.05) is 30.0 Å². The molecule has 3 aromatic carbocycles. The van der Waals surface area contributed by atoms with Crippen LogP contribution in [-0.4, -0.2) is 28.0 Å². The number of sulfonamides is 1. The Kier molecular flexibility index (Phi) is 7.05. The molecule has 0 aliphatic heterocycles. The van der Waals surface area contributed by atoms with Crippen LogP contribution < -0.4 is 20.1 Å². The van der Waals surface area contributed by atoms with Gasteiger partial charge in [-0.1, -0.05) is 18.2 Å². The monoisotopic (exact) mass is 425 g/mol. The summed E-state index contributed by atoms with van der Waals surface area (Å²) in [6.45, 7) is 0.0141. The lowest BCUT2D eigenvalue weighted by Crippen LogP contribution is -2.27. The summed E-state index contributed by atoms with van der Waals surface area (Å²) in [6, 6.07) is 22.8. The molecule has 3 aromatic rings. The molecule has 0 aliphatic carbocycles. The van der Waals surface area contributed by atoms with Crippen molar-refractivity contribution in [3.05, 3.63) is 78.9 Å². The van der Waals surface area contributed by atoms with Gasteiger partial charge < -0.3 is 15.4 Å². The molecule has 8 heteroatoms. The average Bonchev–Trinajstić information content (AvgIpc) is 2.76. The van der Waals surface area contributed by atoms with E-state index in [2.05, 4.69) is 15.4 Å². The Bertz CT molecular complexity index is 1070. The maximum atomic E-state index is 12.1. The number of nitrogens with one attached hydrogen (secondary N) is 3. The summed E-state index contributed by atoms with van der Waals surface area (Å²) in [4.78, 5) is 12.3. The molecule has 3 rings (SSSR count). The van der Waals surface area contributed by atoms with E-state index >= 15 is 0 Å². The molecule has 0 unspecified atom stereocenters. The van der Waals surface area contributed by atoms with Crippen molar-refractivity contribution in [1.29, 1.82) is 0 Å². The van der Waals surface area contributed by atoms with Crippen molar-refractivity contribution < 1.29 is 17.9 Å². The molecule has 156 valence electrons. The van der Waals surface area contributed by atoms with Gasteiger partial charge in [0.25, 0.3) is 0 Å². The van der Waals surface area contributed by atoms with Crippen LogP contribution in [-0.2, 0) is 14.8 Å². The average molecular weight is 426 g/mol. The van der Waals surface area contributed by atoms with Crippen LogP contribution in [0.25, 0.3) is 0 Å². The summed E-state index contributed by atoms with van der Waals surface area (Å²) < 4.78 is 31.8. The number of benzene rings is 3. The van der Waals surface area contributed by atoms with E-state index in [4.69, 9.17) is 4.74 Å². The summed E-state index contributed by atoms with van der Waals surface area (Å²) in [5.74, 6) is 0.506. The van der Waals surface area contributed by atoms with Crippen molar-refractivity contribution in [3.8, 4) is 5.75 Å². The standard InChI is InChI=1S/C22H23N3O4S/c1-29-20-13-11-18(12-14-20)24-17-7-9-19(10-8-17)25-22(26)15-16-23-30(27,28)21-5-3-2-4-6-21/h2-14,23-24H,15-16H2,1H3,(H,25,26). The van der Waals surface area contributed by atoms with Gasteiger partial charge in [0.2, 0.25) is 15.9 Å². The molecule has 0 saturated heterocycles. The van der Waals surface area contributed by atoms with Gasteiger partial charge in [-0.05, 0) is 60.7 Å². The lowest BCUT2D eigenvalue weighted by molar-refractivity contribution is -0.116. The molecule has 0 saturated carbocycles. The third kappa shape index (κ3) is 6.07. The fraction of sp³-hybridized carbons (Fsp3) is 0.136. The van der Waals surface area contributed by atoms with Crippen molar-refractivity contribution in [2.45, 2.75) is 11.3 Å². The zero-order valence-corrected chi connectivity index (χ0v) is 17.3. The second kappa shape index (κ2) is 9.91. The molecule has 0 heterocycles. The largest absolute Gasteiger partial charge is 0.497 e. The fourth-order valence-corrected chi connectivity index (χ4v) is 3.74. The van der Waals surface area contributed by atoms with Crippen molar-refractivity contribution in [2.75, 3.05) is 24.3 Å². The first-order valence-corrected chi connectivity index (χ1v) is 10.8. The van der Waals surface area contributed by atoms with Gasteiger partial charge in [-0.25, -0.2) is 13.1 Å². The van der Waals surface area contributed by atoms with E-state index < -0.39 is 10.0 Å². The fourth-order valence-electron chi connectivity index (χ4n) is 2.68. The minimum absolute atomic E-state index is 0.0141. The van der Waals surface area contributed by atoms with Gasteiger partial charge in [-0.15, -0.1) is 0 Å². The van der Waals surface area contributed by atoms with Crippen molar-refractivity contribution in [3.63, 3.8) is 0 Å². The number of anilines is 3. The Balaban J connectivity index is 1.47. The molecule has 0 atom stereocenters. The van der Waals surface area contributed by atoms with E-state index in [1.165, 1.54) is 12.1 Å². The molecule has 30 heavy (non-hydrogen) atoms. The van der Waals surface area contributed by atoms with E-state index in [9.17, 15) is 13.2 Å². The van der Waals surface area contributed by atoms with Crippen molar-refractivity contribution in [2.24, 2.45) is 0 Å². The molecule has 7 nitrogen and oxygen atoms in total. The first-order chi connectivity index (χ1) is 14.5. The predicted octanol–water partition coefficient (Wildman–Crippen LogP) is 3.75. The number of methoxy groups -OCH3 is 1. The second-order valence-corrected chi connectivity index (χ2v) is 8.21. The molecule has 0 fully saturated rings. The summed E-state index contributed by atoms with van der Waals surface area (Å²) in [6.07, 6.45) is 0.0257. The van der Waals surface area contributed by atoms with E-state index in [1.54, 1.807) is 37.4 Å². The smallest absolute Gasteiger partial charge is 0.240 e. The quantitative estimate of drug-likeness (QED) is 0.485. The summed E-state index contributed by atoms with van der Waals surface area (Å²) in [5, 5.41) is 6.01. The number of hydrogen-bond acceptors (Lipinski definition) is 5. The molecule has 1 amide bonds. The van der Waals surface area contributed by atoms with E-state index in [-0.39, 0.29) is 23.8 Å². The van der Waals surface area contributed by atoms with Crippen LogP contribution in [0.5, 0.6) is 5.75 Å². The van der Waals surface area contributed by atoms with Gasteiger partial charge in [-0.3, -0.25) is 4.79 Å². The lowest BCUT2D eigenvalue weighted by Gasteiger charge is -2.10. The summed E-state index contributed by atoms with van der Waals surface area (Å²) in [7, 11) is -2.00. The zero-order valence-electron chi connectivity index (χ0n) is 16.5. The zero-order chi connectivity index (χ0) is 21.4. The molecular formula is C22H23N3O4S.